The van der Waals surface area contributed by atoms with Gasteiger partial charge in [-0.1, -0.05) is 47.0 Å². The Hall–Kier alpha value is 0.514. The molecule has 0 spiro atoms. The van der Waals surface area contributed by atoms with Crippen molar-refractivity contribution in [3.05, 3.63) is 12.7 Å². The zero-order valence-corrected chi connectivity index (χ0v) is 14.0. The molecule has 96 valence electrons. The van der Waals surface area contributed by atoms with Crippen LogP contribution in [0.25, 0.3) is 0 Å². The third kappa shape index (κ3) is 7.52. The Morgan fingerprint density at radius 1 is 1.24 bits per heavy atom. The van der Waals surface area contributed by atoms with Crippen molar-refractivity contribution in [3.8, 4) is 0 Å². The second-order valence-electron chi connectivity index (χ2n) is 6.10. The monoisotopic (exact) mass is 248 g/mol. The molecular weight excluding hydrogens is 219 g/mol. The Bertz CT molecular complexity index is 209. The van der Waals surface area contributed by atoms with Gasteiger partial charge in [0.25, 0.3) is 0 Å². The fourth-order valence-electron chi connectivity index (χ4n) is 1.35. The molecule has 0 heterocycles. The van der Waals surface area contributed by atoms with Crippen LogP contribution in [-0.2, 0) is 4.43 Å². The molecule has 0 rings (SSSR count). The molecule has 0 aliphatic carbocycles. The normalized spacial score (nSPS) is 14.0. The molecule has 0 unspecified atom stereocenters. The predicted octanol–water partition coefficient (Wildman–Crippen LogP) is 1.95. The Morgan fingerprint density at radius 2 is 1.76 bits per heavy atom. The predicted molar refractivity (Wildman–Crippen MR) is 75.1 cm³/mol. The van der Waals surface area contributed by atoms with E-state index in [0.717, 1.165) is 6.42 Å². The number of unbranched alkanes of at least 4 members (excludes halogenated alkanes) is 2. The van der Waals surface area contributed by atoms with Gasteiger partial charge in [0.05, 0.1) is 0 Å². The van der Waals surface area contributed by atoms with E-state index in [-0.39, 0.29) is 30.0 Å². The Labute approximate surface area is 122 Å². The maximum Gasteiger partial charge on any atom is 1.00 e. The smallest absolute Gasteiger partial charge is 0.515 e. The third-order valence-electron chi connectivity index (χ3n) is 3.56. The van der Waals surface area contributed by atoms with E-state index in [9.17, 15) is 0 Å². The van der Waals surface area contributed by atoms with Gasteiger partial charge in [-0.15, -0.1) is 0 Å². The summed E-state index contributed by atoms with van der Waals surface area (Å²) in [5.41, 5.74) is 0. The summed E-state index contributed by atoms with van der Waals surface area (Å²) in [5, 5.41) is 0.263. The number of rotatable bonds is 7. The maximum atomic E-state index is 6.26. The first-order chi connectivity index (χ1) is 7.24. The zero-order chi connectivity index (χ0) is 12.8. The van der Waals surface area contributed by atoms with Gasteiger partial charge in [0.1, 0.15) is 0 Å². The van der Waals surface area contributed by atoms with Crippen molar-refractivity contribution in [1.29, 1.82) is 0 Å². The van der Waals surface area contributed by atoms with Crippen molar-refractivity contribution in [3.63, 3.8) is 0 Å². The van der Waals surface area contributed by atoms with Crippen molar-refractivity contribution in [2.24, 2.45) is 0 Å². The van der Waals surface area contributed by atoms with Crippen LogP contribution >= 0.6 is 0 Å². The van der Waals surface area contributed by atoms with Gasteiger partial charge in [-0.25, -0.2) is 6.08 Å². The average Bonchev–Trinajstić information content (AvgIpc) is 2.14. The summed E-state index contributed by atoms with van der Waals surface area (Å²) in [7, 11) is -1.66. The van der Waals surface area contributed by atoms with Crippen LogP contribution in [0.2, 0.25) is 18.1 Å². The third-order valence-corrected chi connectivity index (χ3v) is 8.06. The van der Waals surface area contributed by atoms with Crippen LogP contribution in [0.15, 0.2) is 6.08 Å². The molecule has 17 heavy (non-hydrogen) atoms. The van der Waals surface area contributed by atoms with E-state index in [2.05, 4.69) is 40.8 Å². The summed E-state index contributed by atoms with van der Waals surface area (Å²) in [5.74, 6) is 0. The van der Waals surface area contributed by atoms with Gasteiger partial charge >= 0.3 is 18.9 Å². The minimum atomic E-state index is -1.66. The largest absolute Gasteiger partial charge is 1.00 e. The second kappa shape index (κ2) is 8.59. The summed E-state index contributed by atoms with van der Waals surface area (Å²) in [6.45, 7) is 19.2. The molecule has 0 saturated heterocycles. The van der Waals surface area contributed by atoms with E-state index in [1.807, 2.05) is 0 Å². The molecular formula is C14H29LiOSi. The average molecular weight is 248 g/mol. The molecule has 0 aromatic rings. The summed E-state index contributed by atoms with van der Waals surface area (Å²) in [4.78, 5) is 0. The van der Waals surface area contributed by atoms with E-state index in [1.54, 1.807) is 6.08 Å². The molecule has 1 nitrogen and oxygen atoms in total. The van der Waals surface area contributed by atoms with Gasteiger partial charge in [0.15, 0.2) is 8.32 Å². The zero-order valence-electron chi connectivity index (χ0n) is 13.0. The molecule has 0 fully saturated rings. The minimum Gasteiger partial charge on any atom is -0.515 e. The van der Waals surface area contributed by atoms with Crippen molar-refractivity contribution in [2.45, 2.75) is 77.6 Å². The van der Waals surface area contributed by atoms with E-state index in [0.29, 0.717) is 0 Å². The van der Waals surface area contributed by atoms with E-state index >= 15 is 0 Å². The van der Waals surface area contributed by atoms with E-state index < -0.39 is 8.32 Å². The standard InChI is InChI=1S/C14H29OSi.Li/c1-8-10-11-12-13(9-2)15-16(6,7)14(3,4)5;/h2,9,13H,8,10-12H2,1,3-7H3;/q-1;+1/t13-;/m1./s1. The molecule has 3 heteroatoms. The summed E-state index contributed by atoms with van der Waals surface area (Å²) in [6, 6.07) is 0. The Kier molecular flexibility index (Phi) is 10.0. The molecule has 0 radical (unpaired) electrons. The minimum absolute atomic E-state index is 0. The summed E-state index contributed by atoms with van der Waals surface area (Å²) >= 11 is 0. The molecule has 0 aliphatic heterocycles. The SMILES string of the molecule is [CH-]=C[C@H](CCCCC)O[Si](C)(C)C(C)(C)C.[Li+]. The molecule has 0 N–H and O–H groups in total. The van der Waals surface area contributed by atoms with Gasteiger partial charge in [-0.3, -0.25) is 0 Å². The fraction of sp³-hybridized carbons (Fsp3) is 0.857. The van der Waals surface area contributed by atoms with Gasteiger partial charge in [0.2, 0.25) is 0 Å². The fourth-order valence-corrected chi connectivity index (χ4v) is 2.65. The number of hydrogen-bond acceptors (Lipinski definition) is 1. The van der Waals surface area contributed by atoms with E-state index in [4.69, 9.17) is 11.0 Å². The molecule has 0 aliphatic rings. The first-order valence-electron chi connectivity index (χ1n) is 6.47. The first-order valence-corrected chi connectivity index (χ1v) is 9.38. The Balaban J connectivity index is 0. The summed E-state index contributed by atoms with van der Waals surface area (Å²) < 4.78 is 6.26. The van der Waals surface area contributed by atoms with Crippen molar-refractivity contribution >= 4 is 8.32 Å². The van der Waals surface area contributed by atoms with E-state index in [1.165, 1.54) is 19.3 Å². The van der Waals surface area contributed by atoms with Crippen LogP contribution in [0.4, 0.5) is 0 Å². The van der Waals surface area contributed by atoms with Crippen LogP contribution in [-0.4, -0.2) is 14.4 Å². The quantitative estimate of drug-likeness (QED) is 0.380. The van der Waals surface area contributed by atoms with Crippen molar-refractivity contribution in [1.82, 2.24) is 0 Å². The second-order valence-corrected chi connectivity index (χ2v) is 10.9. The van der Waals surface area contributed by atoms with Crippen LogP contribution in [0.5, 0.6) is 0 Å². The van der Waals surface area contributed by atoms with Crippen LogP contribution < -0.4 is 18.9 Å². The molecule has 0 amide bonds. The molecule has 0 saturated carbocycles. The van der Waals surface area contributed by atoms with Gasteiger partial charge in [0, 0.05) is 6.10 Å². The van der Waals surface area contributed by atoms with Crippen LogP contribution in [0.3, 0.4) is 0 Å². The maximum absolute atomic E-state index is 6.26. The number of hydrogen-bond donors (Lipinski definition) is 0. The van der Waals surface area contributed by atoms with Crippen LogP contribution in [0, 0.1) is 6.58 Å². The molecule has 1 atom stereocenters. The van der Waals surface area contributed by atoms with Crippen LogP contribution in [0.1, 0.15) is 53.4 Å². The Morgan fingerprint density at radius 3 is 2.12 bits per heavy atom. The van der Waals surface area contributed by atoms with Gasteiger partial charge in [-0.05, 0) is 24.6 Å². The van der Waals surface area contributed by atoms with Gasteiger partial charge in [-0.2, -0.15) is 0 Å². The summed E-state index contributed by atoms with van der Waals surface area (Å²) in [6.07, 6.45) is 6.67. The molecule has 0 aromatic carbocycles. The molecule has 0 aromatic heterocycles. The first kappa shape index (κ1) is 19.8. The van der Waals surface area contributed by atoms with Crippen molar-refractivity contribution in [2.75, 3.05) is 0 Å². The van der Waals surface area contributed by atoms with Gasteiger partial charge < -0.3 is 11.0 Å². The molecule has 0 bridgehead atoms. The van der Waals surface area contributed by atoms with Crippen molar-refractivity contribution < 1.29 is 23.3 Å². The topological polar surface area (TPSA) is 9.23 Å².